The van der Waals surface area contributed by atoms with Crippen LogP contribution in [-0.2, 0) is 19.6 Å². The van der Waals surface area contributed by atoms with Gasteiger partial charge in [0.05, 0.1) is 19.3 Å². The second kappa shape index (κ2) is 5.10. The van der Waals surface area contributed by atoms with Crippen LogP contribution in [0.3, 0.4) is 0 Å². The molecule has 0 aromatic rings. The third-order valence-corrected chi connectivity index (χ3v) is 2.66. The lowest BCUT2D eigenvalue weighted by atomic mass is 10.4. The minimum absolute atomic E-state index is 0.0220. The van der Waals surface area contributed by atoms with Gasteiger partial charge in [0.15, 0.2) is 0 Å². The molecule has 0 spiro atoms. The molecule has 0 aliphatic heterocycles. The third kappa shape index (κ3) is 5.09. The van der Waals surface area contributed by atoms with Gasteiger partial charge in [0.25, 0.3) is 0 Å². The molecule has 0 amide bonds. The number of rotatable bonds is 5. The van der Waals surface area contributed by atoms with Crippen molar-refractivity contribution in [1.29, 1.82) is 0 Å². The van der Waals surface area contributed by atoms with E-state index in [1.165, 1.54) is 14.0 Å². The second-order valence-electron chi connectivity index (χ2n) is 2.12. The molecule has 0 heterocycles. The summed E-state index contributed by atoms with van der Waals surface area (Å²) in [5.74, 6) is -0.400. The maximum atomic E-state index is 10.8. The normalized spacial score (nSPS) is 11.2. The number of hydrogen-bond donors (Lipinski definition) is 1. The summed E-state index contributed by atoms with van der Waals surface area (Å²) in [6, 6.07) is 0. The SMILES string of the molecule is CCS(=O)(=O)NCCC(=O)OC. The van der Waals surface area contributed by atoms with Crippen molar-refractivity contribution in [1.82, 2.24) is 4.72 Å². The van der Waals surface area contributed by atoms with Crippen molar-refractivity contribution < 1.29 is 17.9 Å². The minimum atomic E-state index is -3.18. The first-order valence-corrected chi connectivity index (χ1v) is 5.21. The van der Waals surface area contributed by atoms with E-state index in [9.17, 15) is 13.2 Å². The first-order chi connectivity index (χ1) is 5.52. The van der Waals surface area contributed by atoms with Crippen LogP contribution in [0, 0.1) is 0 Å². The fraction of sp³-hybridized carbons (Fsp3) is 0.833. The highest BCUT2D eigenvalue weighted by molar-refractivity contribution is 7.89. The summed E-state index contributed by atoms with van der Waals surface area (Å²) in [5, 5.41) is 0. The van der Waals surface area contributed by atoms with Gasteiger partial charge in [-0.1, -0.05) is 0 Å². The third-order valence-electron chi connectivity index (χ3n) is 1.26. The molecule has 0 aliphatic carbocycles. The van der Waals surface area contributed by atoms with Crippen molar-refractivity contribution in [2.45, 2.75) is 13.3 Å². The van der Waals surface area contributed by atoms with Crippen LogP contribution in [0.1, 0.15) is 13.3 Å². The van der Waals surface area contributed by atoms with Crippen molar-refractivity contribution in [3.63, 3.8) is 0 Å². The molecule has 72 valence electrons. The zero-order valence-corrected chi connectivity index (χ0v) is 7.98. The predicted molar refractivity (Wildman–Crippen MR) is 44.1 cm³/mol. The Bertz CT molecular complexity index is 234. The fourth-order valence-corrected chi connectivity index (χ4v) is 1.13. The van der Waals surface area contributed by atoms with Crippen LogP contribution in [-0.4, -0.2) is 33.8 Å². The fourth-order valence-electron chi connectivity index (χ4n) is 0.513. The molecule has 1 N–H and O–H groups in total. The maximum Gasteiger partial charge on any atom is 0.306 e. The highest BCUT2D eigenvalue weighted by Gasteiger charge is 2.06. The average molecular weight is 195 g/mol. The summed E-state index contributed by atoms with van der Waals surface area (Å²) in [6.07, 6.45) is 0.0652. The van der Waals surface area contributed by atoms with E-state index in [0.29, 0.717) is 0 Å². The molecular formula is C6H13NO4S. The zero-order chi connectivity index (χ0) is 9.61. The van der Waals surface area contributed by atoms with Crippen LogP contribution >= 0.6 is 0 Å². The number of carbonyl (C=O) groups excluding carboxylic acids is 1. The molecule has 0 rings (SSSR count). The Kier molecular flexibility index (Phi) is 4.84. The van der Waals surface area contributed by atoms with Crippen molar-refractivity contribution in [2.24, 2.45) is 0 Å². The summed E-state index contributed by atoms with van der Waals surface area (Å²) < 4.78 is 28.2. The van der Waals surface area contributed by atoms with Gasteiger partial charge in [0.2, 0.25) is 10.0 Å². The first kappa shape index (κ1) is 11.4. The van der Waals surface area contributed by atoms with Crippen LogP contribution in [0.15, 0.2) is 0 Å². The number of sulfonamides is 1. The van der Waals surface area contributed by atoms with Crippen molar-refractivity contribution in [3.8, 4) is 0 Å². The Morgan fingerprint density at radius 2 is 2.08 bits per heavy atom. The number of methoxy groups -OCH3 is 1. The van der Waals surface area contributed by atoms with E-state index in [0.717, 1.165) is 0 Å². The van der Waals surface area contributed by atoms with Crippen molar-refractivity contribution >= 4 is 16.0 Å². The van der Waals surface area contributed by atoms with Crippen LogP contribution in [0.4, 0.5) is 0 Å². The van der Waals surface area contributed by atoms with Gasteiger partial charge in [-0.15, -0.1) is 0 Å². The summed E-state index contributed by atoms with van der Waals surface area (Å²) >= 11 is 0. The highest BCUT2D eigenvalue weighted by Crippen LogP contribution is 1.85. The Labute approximate surface area is 72.1 Å². The number of ether oxygens (including phenoxy) is 1. The quantitative estimate of drug-likeness (QED) is 0.600. The van der Waals surface area contributed by atoms with Gasteiger partial charge in [0.1, 0.15) is 0 Å². The van der Waals surface area contributed by atoms with E-state index < -0.39 is 16.0 Å². The summed E-state index contributed by atoms with van der Waals surface area (Å²) in [7, 11) is -1.92. The van der Waals surface area contributed by atoms with E-state index in [1.807, 2.05) is 0 Å². The van der Waals surface area contributed by atoms with Gasteiger partial charge < -0.3 is 4.74 Å². The van der Waals surface area contributed by atoms with Gasteiger partial charge in [-0.25, -0.2) is 13.1 Å². The molecule has 0 bridgehead atoms. The smallest absolute Gasteiger partial charge is 0.306 e. The topological polar surface area (TPSA) is 72.5 Å². The lowest BCUT2D eigenvalue weighted by Crippen LogP contribution is -2.27. The molecule has 0 aliphatic rings. The molecular weight excluding hydrogens is 182 g/mol. The maximum absolute atomic E-state index is 10.8. The van der Waals surface area contributed by atoms with E-state index >= 15 is 0 Å². The van der Waals surface area contributed by atoms with Crippen molar-refractivity contribution in [2.75, 3.05) is 19.4 Å². The van der Waals surface area contributed by atoms with Gasteiger partial charge in [-0.2, -0.15) is 0 Å². The molecule has 0 unspecified atom stereocenters. The first-order valence-electron chi connectivity index (χ1n) is 3.56. The minimum Gasteiger partial charge on any atom is -0.469 e. The monoisotopic (exact) mass is 195 g/mol. The van der Waals surface area contributed by atoms with E-state index in [1.54, 1.807) is 0 Å². The largest absolute Gasteiger partial charge is 0.469 e. The lowest BCUT2D eigenvalue weighted by Gasteiger charge is -2.02. The van der Waals surface area contributed by atoms with E-state index in [4.69, 9.17) is 0 Å². The van der Waals surface area contributed by atoms with E-state index in [2.05, 4.69) is 9.46 Å². The summed E-state index contributed by atoms with van der Waals surface area (Å²) in [4.78, 5) is 10.5. The Morgan fingerprint density at radius 1 is 1.50 bits per heavy atom. The lowest BCUT2D eigenvalue weighted by molar-refractivity contribution is -0.140. The molecule has 5 nitrogen and oxygen atoms in total. The van der Waals surface area contributed by atoms with Gasteiger partial charge in [-0.3, -0.25) is 4.79 Å². The van der Waals surface area contributed by atoms with Crippen LogP contribution in [0.5, 0.6) is 0 Å². The van der Waals surface area contributed by atoms with Crippen LogP contribution < -0.4 is 4.72 Å². The highest BCUT2D eigenvalue weighted by atomic mass is 32.2. The zero-order valence-electron chi connectivity index (χ0n) is 7.16. The molecule has 6 heteroatoms. The van der Waals surface area contributed by atoms with Gasteiger partial charge >= 0.3 is 5.97 Å². The Balaban J connectivity index is 3.64. The Hall–Kier alpha value is -0.620. The van der Waals surface area contributed by atoms with Crippen molar-refractivity contribution in [3.05, 3.63) is 0 Å². The standard InChI is InChI=1S/C6H13NO4S/c1-3-12(9,10)7-5-4-6(8)11-2/h7H,3-5H2,1-2H3. The number of carbonyl (C=O) groups is 1. The molecule has 0 aromatic heterocycles. The summed E-state index contributed by atoms with van der Waals surface area (Å²) in [5.41, 5.74) is 0. The van der Waals surface area contributed by atoms with Crippen LogP contribution in [0.2, 0.25) is 0 Å². The molecule has 0 saturated carbocycles. The second-order valence-corrected chi connectivity index (χ2v) is 4.22. The molecule has 0 aromatic carbocycles. The summed E-state index contributed by atoms with van der Waals surface area (Å²) in [6.45, 7) is 1.63. The molecule has 0 radical (unpaired) electrons. The average Bonchev–Trinajstić information content (AvgIpc) is 2.04. The number of nitrogens with one attached hydrogen (secondary N) is 1. The van der Waals surface area contributed by atoms with Crippen LogP contribution in [0.25, 0.3) is 0 Å². The number of esters is 1. The predicted octanol–water partition coefficient (Wildman–Crippen LogP) is -0.511. The van der Waals surface area contributed by atoms with E-state index in [-0.39, 0.29) is 18.7 Å². The molecule has 12 heavy (non-hydrogen) atoms. The number of hydrogen-bond acceptors (Lipinski definition) is 4. The Morgan fingerprint density at radius 3 is 2.50 bits per heavy atom. The molecule has 0 atom stereocenters. The molecule has 0 saturated heterocycles. The van der Waals surface area contributed by atoms with Gasteiger partial charge in [0, 0.05) is 6.54 Å². The van der Waals surface area contributed by atoms with Gasteiger partial charge in [-0.05, 0) is 6.92 Å². The molecule has 0 fully saturated rings.